The summed E-state index contributed by atoms with van der Waals surface area (Å²) in [5.41, 5.74) is 6.39. The second-order valence-corrected chi connectivity index (χ2v) is 5.83. The third kappa shape index (κ3) is 9.15. The molecule has 134 valence electrons. The smallest absolute Gasteiger partial charge is 0.263 e. The summed E-state index contributed by atoms with van der Waals surface area (Å²) >= 11 is 0. The van der Waals surface area contributed by atoms with Gasteiger partial charge in [-0.25, -0.2) is 0 Å². The van der Waals surface area contributed by atoms with Gasteiger partial charge in [0.05, 0.1) is 5.69 Å². The zero-order valence-corrected chi connectivity index (χ0v) is 14.4. The van der Waals surface area contributed by atoms with E-state index >= 15 is 0 Å². The van der Waals surface area contributed by atoms with Crippen molar-refractivity contribution in [1.29, 1.82) is 0 Å². The fraction of sp³-hybridized carbons (Fsp3) is 0.556. The Balaban J connectivity index is 2.18. The molecular formula is C18H29N3O3. The monoisotopic (exact) mass is 335 g/mol. The van der Waals surface area contributed by atoms with E-state index in [4.69, 9.17) is 5.11 Å². The number of nitrogens with one attached hydrogen (secondary N) is 3. The number of rotatable bonds is 12. The fourth-order valence-electron chi connectivity index (χ4n) is 2.28. The van der Waals surface area contributed by atoms with Crippen molar-refractivity contribution in [2.24, 2.45) is 0 Å². The normalized spacial score (nSPS) is 10.2. The molecule has 6 nitrogen and oxygen atoms in total. The molecule has 0 unspecified atom stereocenters. The first-order valence-corrected chi connectivity index (χ1v) is 8.71. The van der Waals surface area contributed by atoms with Crippen LogP contribution in [0.25, 0.3) is 0 Å². The molecule has 0 aliphatic carbocycles. The lowest BCUT2D eigenvalue weighted by molar-refractivity contribution is -0.123. The van der Waals surface area contributed by atoms with Crippen LogP contribution in [0.15, 0.2) is 24.3 Å². The molecule has 0 heterocycles. The highest BCUT2D eigenvalue weighted by Gasteiger charge is 2.03. The van der Waals surface area contributed by atoms with E-state index in [1.54, 1.807) is 24.3 Å². The van der Waals surface area contributed by atoms with Gasteiger partial charge < -0.3 is 10.4 Å². The quantitative estimate of drug-likeness (QED) is 0.349. The van der Waals surface area contributed by atoms with Crippen LogP contribution in [-0.4, -0.2) is 23.5 Å². The van der Waals surface area contributed by atoms with E-state index in [0.29, 0.717) is 12.1 Å². The maximum atomic E-state index is 11.9. The van der Waals surface area contributed by atoms with Crippen LogP contribution in [0.2, 0.25) is 0 Å². The van der Waals surface area contributed by atoms with Crippen molar-refractivity contribution in [3.05, 3.63) is 24.3 Å². The van der Waals surface area contributed by atoms with Crippen molar-refractivity contribution < 1.29 is 14.7 Å². The predicted octanol–water partition coefficient (Wildman–Crippen LogP) is 3.20. The number of hydrogen-bond donors (Lipinski definition) is 4. The number of hydrazine groups is 1. The molecule has 0 aliphatic rings. The Labute approximate surface area is 144 Å². The summed E-state index contributed by atoms with van der Waals surface area (Å²) in [6.45, 7) is 1.64. The molecule has 1 aromatic carbocycles. The van der Waals surface area contributed by atoms with Gasteiger partial charge in [0.1, 0.15) is 6.61 Å². The van der Waals surface area contributed by atoms with Crippen LogP contribution in [0, 0.1) is 0 Å². The number of carbonyl (C=O) groups excluding carboxylic acids is 2. The molecule has 0 radical (unpaired) electrons. The van der Waals surface area contributed by atoms with Crippen LogP contribution in [0.4, 0.5) is 11.4 Å². The van der Waals surface area contributed by atoms with Gasteiger partial charge in [-0.15, -0.1) is 0 Å². The van der Waals surface area contributed by atoms with Gasteiger partial charge in [0.15, 0.2) is 0 Å². The Morgan fingerprint density at radius 1 is 0.875 bits per heavy atom. The molecule has 0 aliphatic heterocycles. The molecule has 6 heteroatoms. The molecule has 24 heavy (non-hydrogen) atoms. The minimum absolute atomic E-state index is 0.0258. The minimum Gasteiger partial charge on any atom is -0.386 e. The van der Waals surface area contributed by atoms with Crippen LogP contribution in [-0.2, 0) is 9.59 Å². The highest BCUT2D eigenvalue weighted by atomic mass is 16.3. The molecule has 0 saturated carbocycles. The third-order valence-electron chi connectivity index (χ3n) is 3.67. The average molecular weight is 335 g/mol. The van der Waals surface area contributed by atoms with Gasteiger partial charge in [0, 0.05) is 12.1 Å². The van der Waals surface area contributed by atoms with Gasteiger partial charge in [-0.1, -0.05) is 45.4 Å². The van der Waals surface area contributed by atoms with E-state index in [9.17, 15) is 9.59 Å². The first kappa shape index (κ1) is 20.0. The topological polar surface area (TPSA) is 90.5 Å². The second kappa shape index (κ2) is 12.4. The molecule has 0 spiro atoms. The molecule has 4 N–H and O–H groups in total. The number of hydrogen-bond acceptors (Lipinski definition) is 4. The predicted molar refractivity (Wildman–Crippen MR) is 96.5 cm³/mol. The van der Waals surface area contributed by atoms with Gasteiger partial charge in [-0.2, -0.15) is 0 Å². The molecule has 0 aromatic heterocycles. The summed E-state index contributed by atoms with van der Waals surface area (Å²) in [6.07, 6.45) is 8.88. The summed E-state index contributed by atoms with van der Waals surface area (Å²) in [7, 11) is 0. The average Bonchev–Trinajstić information content (AvgIpc) is 2.60. The van der Waals surface area contributed by atoms with Crippen molar-refractivity contribution in [2.75, 3.05) is 17.3 Å². The molecule has 2 amide bonds. The molecule has 0 bridgehead atoms. The number of benzene rings is 1. The van der Waals surface area contributed by atoms with Crippen LogP contribution < -0.4 is 16.2 Å². The molecular weight excluding hydrogens is 306 g/mol. The summed E-state index contributed by atoms with van der Waals surface area (Å²) in [5, 5.41) is 11.5. The van der Waals surface area contributed by atoms with Crippen molar-refractivity contribution in [1.82, 2.24) is 5.43 Å². The van der Waals surface area contributed by atoms with Gasteiger partial charge >= 0.3 is 0 Å². The van der Waals surface area contributed by atoms with E-state index < -0.39 is 12.5 Å². The Hall–Kier alpha value is -2.08. The van der Waals surface area contributed by atoms with Crippen molar-refractivity contribution in [2.45, 2.75) is 58.3 Å². The van der Waals surface area contributed by atoms with Crippen molar-refractivity contribution in [3.8, 4) is 0 Å². The Kier molecular flexibility index (Phi) is 10.3. The zero-order valence-electron chi connectivity index (χ0n) is 14.4. The minimum atomic E-state index is -0.570. The molecule has 1 rings (SSSR count). The molecule has 0 atom stereocenters. The third-order valence-corrected chi connectivity index (χ3v) is 3.67. The standard InChI is InChI=1S/C18H29N3O3/c1-2-3-4-5-6-7-8-9-17(23)19-15-10-12-16(13-11-15)20-21-18(24)14-22/h10-13,20,22H,2-9,14H2,1H3,(H,19,23)(H,21,24). The van der Waals surface area contributed by atoms with Crippen LogP contribution in [0.3, 0.4) is 0 Å². The summed E-state index contributed by atoms with van der Waals surface area (Å²) < 4.78 is 0. The number of anilines is 2. The summed E-state index contributed by atoms with van der Waals surface area (Å²) in [4.78, 5) is 22.8. The van der Waals surface area contributed by atoms with E-state index in [-0.39, 0.29) is 5.91 Å². The SMILES string of the molecule is CCCCCCCCCC(=O)Nc1ccc(NNC(=O)CO)cc1. The highest BCUT2D eigenvalue weighted by molar-refractivity contribution is 5.90. The Bertz CT molecular complexity index is 489. The number of unbranched alkanes of at least 4 members (excludes halogenated alkanes) is 6. The number of aliphatic hydroxyl groups excluding tert-OH is 1. The van der Waals surface area contributed by atoms with E-state index in [0.717, 1.165) is 18.5 Å². The Morgan fingerprint density at radius 2 is 1.46 bits per heavy atom. The number of carbonyl (C=O) groups is 2. The Morgan fingerprint density at radius 3 is 2.08 bits per heavy atom. The largest absolute Gasteiger partial charge is 0.386 e. The highest BCUT2D eigenvalue weighted by Crippen LogP contribution is 2.14. The number of amides is 2. The van der Waals surface area contributed by atoms with Crippen LogP contribution >= 0.6 is 0 Å². The lowest BCUT2D eigenvalue weighted by atomic mass is 10.1. The van der Waals surface area contributed by atoms with Gasteiger partial charge in [-0.05, 0) is 30.7 Å². The van der Waals surface area contributed by atoms with E-state index in [2.05, 4.69) is 23.1 Å². The first-order chi connectivity index (χ1) is 11.7. The molecule has 1 aromatic rings. The second-order valence-electron chi connectivity index (χ2n) is 5.83. The molecule has 0 saturated heterocycles. The van der Waals surface area contributed by atoms with Gasteiger partial charge in [0.2, 0.25) is 5.91 Å². The van der Waals surface area contributed by atoms with E-state index in [1.165, 1.54) is 32.1 Å². The number of aliphatic hydroxyl groups is 1. The summed E-state index contributed by atoms with van der Waals surface area (Å²) in [5.74, 6) is -0.486. The maximum Gasteiger partial charge on any atom is 0.263 e. The van der Waals surface area contributed by atoms with Crippen LogP contribution in [0.1, 0.15) is 58.3 Å². The van der Waals surface area contributed by atoms with Gasteiger partial charge in [0.25, 0.3) is 5.91 Å². The maximum absolute atomic E-state index is 11.9. The van der Waals surface area contributed by atoms with Crippen molar-refractivity contribution >= 4 is 23.2 Å². The lowest BCUT2D eigenvalue weighted by Crippen LogP contribution is -2.31. The molecule has 0 fully saturated rings. The first-order valence-electron chi connectivity index (χ1n) is 8.71. The van der Waals surface area contributed by atoms with Crippen molar-refractivity contribution in [3.63, 3.8) is 0 Å². The lowest BCUT2D eigenvalue weighted by Gasteiger charge is -2.09. The summed E-state index contributed by atoms with van der Waals surface area (Å²) in [6, 6.07) is 6.99. The zero-order chi connectivity index (χ0) is 17.6. The fourth-order valence-corrected chi connectivity index (χ4v) is 2.28. The van der Waals surface area contributed by atoms with E-state index in [1.807, 2.05) is 0 Å². The van der Waals surface area contributed by atoms with Gasteiger partial charge in [-0.3, -0.25) is 20.4 Å². The van der Waals surface area contributed by atoms with Crippen LogP contribution in [0.5, 0.6) is 0 Å².